The van der Waals surface area contributed by atoms with Crippen molar-refractivity contribution in [2.24, 2.45) is 0 Å². The maximum Gasteiger partial charge on any atom is 0.0221 e. The molecule has 0 amide bonds. The molecular formula is C39H33N. The molecule has 3 aliphatic carbocycles. The van der Waals surface area contributed by atoms with Crippen molar-refractivity contribution in [3.63, 3.8) is 0 Å². The molecule has 1 heterocycles. The van der Waals surface area contributed by atoms with E-state index < -0.39 is 0 Å². The topological polar surface area (TPSA) is 12.0 Å². The Kier molecular flexibility index (Phi) is 4.87. The van der Waals surface area contributed by atoms with Gasteiger partial charge in [0, 0.05) is 24.4 Å². The highest BCUT2D eigenvalue weighted by Crippen LogP contribution is 2.57. The van der Waals surface area contributed by atoms with Gasteiger partial charge in [0.05, 0.1) is 0 Å². The molecule has 9 rings (SSSR count). The van der Waals surface area contributed by atoms with E-state index in [0.29, 0.717) is 5.92 Å². The monoisotopic (exact) mass is 515 g/mol. The fraction of sp³-hybridized carbons (Fsp3) is 0.231. The summed E-state index contributed by atoms with van der Waals surface area (Å²) < 4.78 is 0. The summed E-state index contributed by atoms with van der Waals surface area (Å²) in [5, 5.41) is 9.37. The Labute approximate surface area is 235 Å². The van der Waals surface area contributed by atoms with E-state index in [0.717, 1.165) is 19.5 Å². The van der Waals surface area contributed by atoms with Crippen LogP contribution in [-0.2, 0) is 31.3 Å². The van der Waals surface area contributed by atoms with E-state index in [1.54, 1.807) is 38.9 Å². The van der Waals surface area contributed by atoms with Crippen molar-refractivity contribution in [1.29, 1.82) is 0 Å². The van der Waals surface area contributed by atoms with Gasteiger partial charge in [-0.15, -0.1) is 0 Å². The summed E-state index contributed by atoms with van der Waals surface area (Å²) in [7, 11) is 0. The normalized spacial score (nSPS) is 21.9. The van der Waals surface area contributed by atoms with Gasteiger partial charge in [0.1, 0.15) is 0 Å². The molecule has 5 aromatic carbocycles. The summed E-state index contributed by atoms with van der Waals surface area (Å²) in [4.78, 5) is 0. The van der Waals surface area contributed by atoms with Crippen molar-refractivity contribution in [1.82, 2.24) is 5.32 Å². The first-order chi connectivity index (χ1) is 19.8. The number of rotatable bonds is 2. The molecule has 1 N–H and O–H groups in total. The highest BCUT2D eigenvalue weighted by molar-refractivity contribution is 5.88. The van der Waals surface area contributed by atoms with Crippen molar-refractivity contribution >= 4 is 22.9 Å². The van der Waals surface area contributed by atoms with Crippen LogP contribution in [0.4, 0.5) is 0 Å². The molecule has 194 valence electrons. The minimum atomic E-state index is 0.163. The van der Waals surface area contributed by atoms with E-state index >= 15 is 0 Å². The summed E-state index contributed by atoms with van der Waals surface area (Å²) in [6.45, 7) is 1.88. The zero-order valence-electron chi connectivity index (χ0n) is 22.8. The molecular weight excluding hydrogens is 482 g/mol. The molecule has 0 saturated carbocycles. The van der Waals surface area contributed by atoms with Crippen LogP contribution < -0.4 is 15.8 Å². The van der Waals surface area contributed by atoms with Crippen LogP contribution in [0.1, 0.15) is 64.1 Å². The van der Waals surface area contributed by atoms with E-state index in [1.165, 1.54) is 58.0 Å². The number of hydrogen-bond donors (Lipinski definition) is 1. The predicted molar refractivity (Wildman–Crippen MR) is 166 cm³/mol. The number of aryl methyl sites for hydroxylation is 2. The third-order valence-electron chi connectivity index (χ3n) is 10.5. The van der Waals surface area contributed by atoms with Gasteiger partial charge in [-0.25, -0.2) is 0 Å². The summed E-state index contributed by atoms with van der Waals surface area (Å²) in [6.07, 6.45) is 11.0. The van der Waals surface area contributed by atoms with Crippen LogP contribution in [0.3, 0.4) is 0 Å². The first-order valence-electron chi connectivity index (χ1n) is 15.1. The first kappa shape index (κ1) is 22.8. The number of hydrogen-bond acceptors (Lipinski definition) is 1. The van der Waals surface area contributed by atoms with Crippen LogP contribution >= 0.6 is 0 Å². The van der Waals surface area contributed by atoms with Crippen LogP contribution in [0.2, 0.25) is 0 Å². The molecule has 0 radical (unpaired) electrons. The molecule has 1 spiro atoms. The molecule has 1 unspecified atom stereocenters. The molecule has 1 heteroatoms. The van der Waals surface area contributed by atoms with Gasteiger partial charge in [0.15, 0.2) is 0 Å². The van der Waals surface area contributed by atoms with Crippen molar-refractivity contribution in [3.8, 4) is 11.1 Å². The van der Waals surface area contributed by atoms with Gasteiger partial charge in [-0.05, 0) is 109 Å². The standard InChI is InChI=1S/C39H33N/c1-3-7-29-21-31(11-9-25(29)5-1)33-15-13-27-17-19-39-20-18-28-14-16-34(32-12-10-26-6-2-4-8-30(26)22-32)36(38(28)39)24-40-23-35(33)37(27)39/h1-11,13-16,21-22,32,40H,12,17-20,23-24H2/t32?,39-/m1/s1. The third-order valence-corrected chi connectivity index (χ3v) is 10.5. The van der Waals surface area contributed by atoms with E-state index in [1.807, 2.05) is 0 Å². The van der Waals surface area contributed by atoms with E-state index in [-0.39, 0.29) is 5.41 Å². The lowest BCUT2D eigenvalue weighted by Crippen LogP contribution is -2.32. The number of fused-ring (bicyclic) bond motifs is 2. The Morgan fingerprint density at radius 1 is 0.650 bits per heavy atom. The quantitative estimate of drug-likeness (QED) is 0.266. The Balaban J connectivity index is 1.24. The Morgan fingerprint density at radius 3 is 2.25 bits per heavy atom. The largest absolute Gasteiger partial charge is 0.309 e. The van der Waals surface area contributed by atoms with E-state index in [4.69, 9.17) is 0 Å². The average Bonchev–Trinajstić information content (AvgIpc) is 3.57. The van der Waals surface area contributed by atoms with E-state index in [2.05, 4.69) is 108 Å². The molecule has 5 aromatic rings. The molecule has 40 heavy (non-hydrogen) atoms. The van der Waals surface area contributed by atoms with Gasteiger partial charge in [0.25, 0.3) is 0 Å². The van der Waals surface area contributed by atoms with Crippen molar-refractivity contribution in [2.75, 3.05) is 0 Å². The van der Waals surface area contributed by atoms with Crippen molar-refractivity contribution in [2.45, 2.75) is 56.5 Å². The fourth-order valence-electron chi connectivity index (χ4n) is 8.73. The summed E-state index contributed by atoms with van der Waals surface area (Å²) >= 11 is 0. The summed E-state index contributed by atoms with van der Waals surface area (Å²) in [6, 6.07) is 34.5. The summed E-state index contributed by atoms with van der Waals surface area (Å²) in [5.41, 5.74) is 14.1. The lowest BCUT2D eigenvalue weighted by atomic mass is 9.70. The molecule has 0 fully saturated rings. The molecule has 1 nitrogen and oxygen atoms in total. The summed E-state index contributed by atoms with van der Waals surface area (Å²) in [5.74, 6) is 0.443. The second-order valence-corrected chi connectivity index (χ2v) is 12.4. The number of benzene rings is 5. The zero-order chi connectivity index (χ0) is 26.3. The first-order valence-corrected chi connectivity index (χ1v) is 15.1. The average molecular weight is 516 g/mol. The van der Waals surface area contributed by atoms with Gasteiger partial charge < -0.3 is 5.32 Å². The smallest absolute Gasteiger partial charge is 0.0221 e. The van der Waals surface area contributed by atoms with Crippen LogP contribution in [0.5, 0.6) is 0 Å². The Morgan fingerprint density at radius 2 is 1.38 bits per heavy atom. The second-order valence-electron chi connectivity index (χ2n) is 12.4. The Bertz CT molecular complexity index is 1980. The van der Waals surface area contributed by atoms with Crippen molar-refractivity contribution in [3.05, 3.63) is 140 Å². The molecule has 0 bridgehead atoms. The number of nitrogens with one attached hydrogen (secondary N) is 1. The third kappa shape index (κ3) is 3.19. The van der Waals surface area contributed by atoms with Crippen LogP contribution in [0.15, 0.2) is 91.0 Å². The van der Waals surface area contributed by atoms with E-state index in [9.17, 15) is 0 Å². The molecule has 0 aromatic heterocycles. The molecule has 1 aliphatic heterocycles. The van der Waals surface area contributed by atoms with Gasteiger partial charge in [-0.3, -0.25) is 0 Å². The van der Waals surface area contributed by atoms with Gasteiger partial charge in [-0.1, -0.05) is 97.1 Å². The maximum atomic E-state index is 3.97. The van der Waals surface area contributed by atoms with Crippen LogP contribution in [-0.4, -0.2) is 0 Å². The van der Waals surface area contributed by atoms with Gasteiger partial charge in [-0.2, -0.15) is 0 Å². The Hall–Kier alpha value is -3.94. The minimum absolute atomic E-state index is 0.163. The lowest BCUT2D eigenvalue weighted by Gasteiger charge is -2.35. The van der Waals surface area contributed by atoms with Gasteiger partial charge in [0.2, 0.25) is 0 Å². The maximum absolute atomic E-state index is 3.97. The van der Waals surface area contributed by atoms with Crippen LogP contribution in [0.25, 0.3) is 34.1 Å². The van der Waals surface area contributed by atoms with Crippen molar-refractivity contribution < 1.29 is 0 Å². The molecule has 4 aliphatic rings. The molecule has 0 saturated heterocycles. The zero-order valence-corrected chi connectivity index (χ0v) is 22.8. The highest BCUT2D eigenvalue weighted by Gasteiger charge is 2.48. The SMILES string of the molecule is C1=c2ccccc2=CC(c2ccc3c4c2CNCc2c(-c5ccc6ccccc6c5)ccc5c2[C@@]4(CC5)CC3)C1. The molecule has 2 atom stereocenters. The van der Waals surface area contributed by atoms with Gasteiger partial charge >= 0.3 is 0 Å². The highest BCUT2D eigenvalue weighted by atomic mass is 14.9. The second kappa shape index (κ2) is 8.53. The fourth-order valence-corrected chi connectivity index (χ4v) is 8.73. The lowest BCUT2D eigenvalue weighted by molar-refractivity contribution is 0.486. The predicted octanol–water partition coefficient (Wildman–Crippen LogP) is 7.04. The minimum Gasteiger partial charge on any atom is -0.309 e. The van der Waals surface area contributed by atoms with Crippen LogP contribution in [0, 0.1) is 0 Å².